The van der Waals surface area contributed by atoms with E-state index in [9.17, 15) is 14.7 Å². The van der Waals surface area contributed by atoms with Crippen LogP contribution in [0.4, 0.5) is 0 Å². The number of hydrogen-bond donors (Lipinski definition) is 1. The molecule has 7 heteroatoms. The third-order valence-electron chi connectivity index (χ3n) is 6.25. The van der Waals surface area contributed by atoms with Crippen LogP contribution in [-0.2, 0) is 16.1 Å². The maximum absolute atomic E-state index is 13.3. The standard InChI is InChI=1S/C30H32N2O5/c1-3-5-6-17-37-24-14-12-22(13-15-24)27-26(28(33)23-10-7-11-25(18-23)36-4-2)29(34)30(35)32(27)20-21-9-8-16-31-19-21/h7-16,18-19,27,33H,3-6,17,20H2,1-2H3/b28-26+. The summed E-state index contributed by atoms with van der Waals surface area (Å²) in [7, 11) is 0. The summed E-state index contributed by atoms with van der Waals surface area (Å²) in [5, 5.41) is 11.3. The number of unbranched alkanes of at least 4 members (excludes halogenated alkanes) is 2. The fraction of sp³-hybridized carbons (Fsp3) is 0.300. The van der Waals surface area contributed by atoms with Crippen LogP contribution < -0.4 is 9.47 Å². The fourth-order valence-corrected chi connectivity index (χ4v) is 4.42. The molecule has 2 aromatic carbocycles. The first kappa shape index (κ1) is 25.9. The molecule has 1 aromatic heterocycles. The topological polar surface area (TPSA) is 89.0 Å². The van der Waals surface area contributed by atoms with Gasteiger partial charge in [0.2, 0.25) is 0 Å². The molecular formula is C30H32N2O5. The van der Waals surface area contributed by atoms with Crippen LogP contribution in [0, 0.1) is 0 Å². The molecule has 0 spiro atoms. The number of ether oxygens (including phenoxy) is 2. The number of rotatable bonds is 11. The predicted molar refractivity (Wildman–Crippen MR) is 141 cm³/mol. The van der Waals surface area contributed by atoms with Crippen LogP contribution in [-0.4, -0.2) is 39.9 Å². The van der Waals surface area contributed by atoms with Crippen LogP contribution in [0.2, 0.25) is 0 Å². The first-order valence-electron chi connectivity index (χ1n) is 12.7. The first-order valence-corrected chi connectivity index (χ1v) is 12.7. The number of aliphatic hydroxyl groups is 1. The molecule has 7 nitrogen and oxygen atoms in total. The van der Waals surface area contributed by atoms with Gasteiger partial charge < -0.3 is 19.5 Å². The van der Waals surface area contributed by atoms with Crippen molar-refractivity contribution in [2.75, 3.05) is 13.2 Å². The highest BCUT2D eigenvalue weighted by atomic mass is 16.5. The van der Waals surface area contributed by atoms with Crippen LogP contribution in [0.1, 0.15) is 55.8 Å². The van der Waals surface area contributed by atoms with E-state index in [2.05, 4.69) is 11.9 Å². The van der Waals surface area contributed by atoms with E-state index in [1.54, 1.807) is 42.7 Å². The highest BCUT2D eigenvalue weighted by Gasteiger charge is 2.46. The summed E-state index contributed by atoms with van der Waals surface area (Å²) < 4.78 is 11.4. The van der Waals surface area contributed by atoms with Gasteiger partial charge in [-0.2, -0.15) is 0 Å². The van der Waals surface area contributed by atoms with Gasteiger partial charge in [-0.25, -0.2) is 0 Å². The number of amides is 1. The van der Waals surface area contributed by atoms with E-state index in [0.29, 0.717) is 35.8 Å². The van der Waals surface area contributed by atoms with E-state index >= 15 is 0 Å². The van der Waals surface area contributed by atoms with E-state index in [0.717, 1.165) is 24.8 Å². The van der Waals surface area contributed by atoms with Gasteiger partial charge in [-0.05, 0) is 54.8 Å². The predicted octanol–water partition coefficient (Wildman–Crippen LogP) is 5.67. The minimum atomic E-state index is -0.773. The van der Waals surface area contributed by atoms with Gasteiger partial charge in [-0.1, -0.05) is 50.1 Å². The molecule has 1 amide bonds. The van der Waals surface area contributed by atoms with Crippen LogP contribution in [0.5, 0.6) is 11.5 Å². The van der Waals surface area contributed by atoms with Gasteiger partial charge in [-0.3, -0.25) is 14.6 Å². The molecule has 0 aliphatic carbocycles. The van der Waals surface area contributed by atoms with Gasteiger partial charge in [0.05, 0.1) is 24.8 Å². The monoisotopic (exact) mass is 500 g/mol. The number of nitrogens with zero attached hydrogens (tertiary/aromatic N) is 2. The normalized spacial score (nSPS) is 16.7. The highest BCUT2D eigenvalue weighted by molar-refractivity contribution is 6.46. The highest BCUT2D eigenvalue weighted by Crippen LogP contribution is 2.41. The Hall–Kier alpha value is -4.13. The van der Waals surface area contributed by atoms with Crippen molar-refractivity contribution in [3.05, 3.63) is 95.3 Å². The number of hydrogen-bond acceptors (Lipinski definition) is 6. The Morgan fingerprint density at radius 2 is 1.78 bits per heavy atom. The number of pyridine rings is 1. The molecule has 1 N–H and O–H groups in total. The number of Topliss-reactive ketones (excluding diaryl/α,β-unsaturated/α-hetero) is 1. The minimum absolute atomic E-state index is 0.0409. The molecule has 0 radical (unpaired) electrons. The first-order chi connectivity index (χ1) is 18.0. The molecule has 3 aromatic rings. The summed E-state index contributed by atoms with van der Waals surface area (Å²) in [6.07, 6.45) is 6.51. The van der Waals surface area contributed by atoms with Crippen LogP contribution >= 0.6 is 0 Å². The molecular weight excluding hydrogens is 468 g/mol. The van der Waals surface area contributed by atoms with E-state index in [1.807, 2.05) is 37.3 Å². The second-order valence-electron chi connectivity index (χ2n) is 8.87. The molecule has 1 atom stereocenters. The smallest absolute Gasteiger partial charge is 0.295 e. The zero-order chi connectivity index (χ0) is 26.2. The van der Waals surface area contributed by atoms with Crippen molar-refractivity contribution < 1.29 is 24.2 Å². The van der Waals surface area contributed by atoms with Crippen molar-refractivity contribution >= 4 is 17.4 Å². The van der Waals surface area contributed by atoms with Crippen molar-refractivity contribution in [1.29, 1.82) is 0 Å². The molecule has 1 aliphatic rings. The second kappa shape index (κ2) is 12.2. The summed E-state index contributed by atoms with van der Waals surface area (Å²) in [4.78, 5) is 32.2. The van der Waals surface area contributed by atoms with Crippen LogP contribution in [0.15, 0.2) is 78.6 Å². The molecule has 1 saturated heterocycles. The number of aliphatic hydroxyl groups excluding tert-OH is 1. The fourth-order valence-electron chi connectivity index (χ4n) is 4.42. The lowest BCUT2D eigenvalue weighted by atomic mass is 9.95. The zero-order valence-corrected chi connectivity index (χ0v) is 21.2. The van der Waals surface area contributed by atoms with Crippen LogP contribution in [0.25, 0.3) is 5.76 Å². The Morgan fingerprint density at radius 1 is 0.973 bits per heavy atom. The number of ketones is 1. The summed E-state index contributed by atoms with van der Waals surface area (Å²) in [5.74, 6) is -0.353. The van der Waals surface area contributed by atoms with Crippen LogP contribution in [0.3, 0.4) is 0 Å². The van der Waals surface area contributed by atoms with Crippen molar-refractivity contribution in [3.8, 4) is 11.5 Å². The van der Waals surface area contributed by atoms with E-state index in [4.69, 9.17) is 9.47 Å². The van der Waals surface area contributed by atoms with Gasteiger partial charge in [0.15, 0.2) is 0 Å². The third-order valence-corrected chi connectivity index (χ3v) is 6.25. The maximum Gasteiger partial charge on any atom is 0.295 e. The lowest BCUT2D eigenvalue weighted by Crippen LogP contribution is -2.29. The Kier molecular flexibility index (Phi) is 8.56. The molecule has 1 fully saturated rings. The molecule has 192 valence electrons. The maximum atomic E-state index is 13.3. The molecule has 1 aliphatic heterocycles. The van der Waals surface area contributed by atoms with Gasteiger partial charge in [0.25, 0.3) is 11.7 Å². The summed E-state index contributed by atoms with van der Waals surface area (Å²) in [6, 6.07) is 17.1. The average Bonchev–Trinajstić information content (AvgIpc) is 3.17. The lowest BCUT2D eigenvalue weighted by molar-refractivity contribution is -0.140. The lowest BCUT2D eigenvalue weighted by Gasteiger charge is -2.25. The van der Waals surface area contributed by atoms with Crippen molar-refractivity contribution in [1.82, 2.24) is 9.88 Å². The van der Waals surface area contributed by atoms with Crippen molar-refractivity contribution in [2.45, 2.75) is 45.7 Å². The van der Waals surface area contributed by atoms with E-state index in [1.165, 1.54) is 4.90 Å². The van der Waals surface area contributed by atoms with Crippen molar-refractivity contribution in [2.24, 2.45) is 0 Å². The Labute approximate surface area is 217 Å². The quantitative estimate of drug-likeness (QED) is 0.158. The summed E-state index contributed by atoms with van der Waals surface area (Å²) >= 11 is 0. The number of likely N-dealkylation sites (tertiary alicyclic amines) is 1. The number of carbonyl (C=O) groups is 2. The molecule has 37 heavy (non-hydrogen) atoms. The van der Waals surface area contributed by atoms with Crippen molar-refractivity contribution in [3.63, 3.8) is 0 Å². The van der Waals surface area contributed by atoms with Gasteiger partial charge in [0.1, 0.15) is 17.3 Å². The van der Waals surface area contributed by atoms with Gasteiger partial charge in [-0.15, -0.1) is 0 Å². The zero-order valence-electron chi connectivity index (χ0n) is 21.2. The molecule has 0 saturated carbocycles. The SMILES string of the molecule is CCCCCOc1ccc(C2/C(=C(\O)c3cccc(OCC)c3)C(=O)C(=O)N2Cc2cccnc2)cc1. The summed E-state index contributed by atoms with van der Waals surface area (Å²) in [5.41, 5.74) is 1.93. The Morgan fingerprint density at radius 3 is 2.49 bits per heavy atom. The Balaban J connectivity index is 1.73. The number of benzene rings is 2. The average molecular weight is 501 g/mol. The van der Waals surface area contributed by atoms with E-state index < -0.39 is 17.7 Å². The third kappa shape index (κ3) is 6.00. The van der Waals surface area contributed by atoms with Gasteiger partial charge >= 0.3 is 0 Å². The minimum Gasteiger partial charge on any atom is -0.507 e. The Bertz CT molecular complexity index is 1250. The number of carbonyl (C=O) groups excluding carboxylic acids is 2. The summed E-state index contributed by atoms with van der Waals surface area (Å²) in [6.45, 7) is 5.28. The molecule has 4 rings (SSSR count). The largest absolute Gasteiger partial charge is 0.507 e. The molecule has 1 unspecified atom stereocenters. The van der Waals surface area contributed by atoms with Gasteiger partial charge in [0, 0.05) is 24.5 Å². The molecule has 0 bridgehead atoms. The second-order valence-corrected chi connectivity index (χ2v) is 8.87. The number of aromatic nitrogens is 1. The molecule has 2 heterocycles. The van der Waals surface area contributed by atoms with E-state index in [-0.39, 0.29) is 17.9 Å².